The highest BCUT2D eigenvalue weighted by Gasteiger charge is 2.29. The molecule has 0 saturated heterocycles. The first-order valence-electron chi connectivity index (χ1n) is 10.1. The largest absolute Gasteiger partial charge is 0.480 e. The SMILES string of the molecule is CON(C)C(=O)[C@@H](CC(NC(=O)c1cc2cc(Cl)ccc2[nH]1)c1ccccc1)OCC(=O)O. The number of amides is 2. The van der Waals surface area contributed by atoms with Crippen LogP contribution in [0.25, 0.3) is 10.9 Å². The molecule has 9 nitrogen and oxygen atoms in total. The number of nitrogens with zero attached hydrogens (tertiary/aromatic N) is 1. The molecule has 0 saturated carbocycles. The summed E-state index contributed by atoms with van der Waals surface area (Å²) in [5.74, 6) is -2.19. The van der Waals surface area contributed by atoms with Crippen molar-refractivity contribution in [3.8, 4) is 0 Å². The molecular formula is C23H24ClN3O6. The third-order valence-electron chi connectivity index (χ3n) is 5.05. The molecule has 3 N–H and O–H groups in total. The van der Waals surface area contributed by atoms with Gasteiger partial charge in [0.2, 0.25) is 0 Å². The summed E-state index contributed by atoms with van der Waals surface area (Å²) in [5.41, 5.74) is 1.79. The number of H-pyrrole nitrogens is 1. The Kier molecular flexibility index (Phi) is 8.05. The summed E-state index contributed by atoms with van der Waals surface area (Å²) >= 11 is 6.03. The van der Waals surface area contributed by atoms with Gasteiger partial charge in [-0.2, -0.15) is 0 Å². The molecule has 0 aliphatic heterocycles. The molecule has 2 amide bonds. The average molecular weight is 474 g/mol. The molecule has 1 heterocycles. The Morgan fingerprint density at radius 2 is 1.88 bits per heavy atom. The zero-order valence-corrected chi connectivity index (χ0v) is 18.8. The Morgan fingerprint density at radius 3 is 2.55 bits per heavy atom. The van der Waals surface area contributed by atoms with Crippen molar-refractivity contribution in [3.63, 3.8) is 0 Å². The highest BCUT2D eigenvalue weighted by atomic mass is 35.5. The van der Waals surface area contributed by atoms with Gasteiger partial charge in [-0.15, -0.1) is 0 Å². The van der Waals surface area contributed by atoms with E-state index in [-0.39, 0.29) is 6.42 Å². The second kappa shape index (κ2) is 11.0. The smallest absolute Gasteiger partial charge is 0.329 e. The summed E-state index contributed by atoms with van der Waals surface area (Å²) in [6, 6.07) is 15.3. The molecule has 10 heteroatoms. The number of halogens is 1. The molecule has 2 atom stereocenters. The van der Waals surface area contributed by atoms with Gasteiger partial charge in [0, 0.05) is 29.4 Å². The molecule has 1 unspecified atom stereocenters. The summed E-state index contributed by atoms with van der Waals surface area (Å²) in [6.07, 6.45) is -1.18. The fourth-order valence-corrected chi connectivity index (χ4v) is 3.52. The van der Waals surface area contributed by atoms with Gasteiger partial charge < -0.3 is 20.1 Å². The number of carbonyl (C=O) groups is 3. The highest BCUT2D eigenvalue weighted by molar-refractivity contribution is 6.31. The number of aliphatic carboxylic acids is 1. The van der Waals surface area contributed by atoms with Gasteiger partial charge in [0.15, 0.2) is 0 Å². The van der Waals surface area contributed by atoms with Crippen molar-refractivity contribution in [1.82, 2.24) is 15.4 Å². The third kappa shape index (κ3) is 6.32. The first-order valence-corrected chi connectivity index (χ1v) is 10.5. The maximum atomic E-state index is 13.1. The lowest BCUT2D eigenvalue weighted by molar-refractivity contribution is -0.183. The first-order chi connectivity index (χ1) is 15.8. The Balaban J connectivity index is 1.87. The number of aromatic amines is 1. The first kappa shape index (κ1) is 24.2. The van der Waals surface area contributed by atoms with Gasteiger partial charge in [-0.3, -0.25) is 14.4 Å². The quantitative estimate of drug-likeness (QED) is 0.389. The van der Waals surface area contributed by atoms with E-state index in [0.29, 0.717) is 10.7 Å². The molecule has 0 aliphatic rings. The lowest BCUT2D eigenvalue weighted by Crippen LogP contribution is -2.41. The second-order valence-corrected chi connectivity index (χ2v) is 7.74. The fraction of sp³-hybridized carbons (Fsp3) is 0.261. The highest BCUT2D eigenvalue weighted by Crippen LogP contribution is 2.24. The fourth-order valence-electron chi connectivity index (χ4n) is 3.34. The number of nitrogens with one attached hydrogen (secondary N) is 2. The molecule has 0 radical (unpaired) electrons. The van der Waals surface area contributed by atoms with E-state index in [1.54, 1.807) is 48.5 Å². The number of likely N-dealkylation sites (N-methyl/N-ethyl adjacent to an activating group) is 1. The maximum absolute atomic E-state index is 13.1. The van der Waals surface area contributed by atoms with Crippen LogP contribution in [0.4, 0.5) is 0 Å². The van der Waals surface area contributed by atoms with Crippen molar-refractivity contribution in [2.75, 3.05) is 20.8 Å². The van der Waals surface area contributed by atoms with Crippen LogP contribution < -0.4 is 5.32 Å². The molecule has 3 rings (SSSR count). The number of aromatic nitrogens is 1. The van der Waals surface area contributed by atoms with Crippen LogP contribution in [0.5, 0.6) is 0 Å². The third-order valence-corrected chi connectivity index (χ3v) is 5.29. The number of benzene rings is 2. The summed E-state index contributed by atoms with van der Waals surface area (Å²) in [5, 5.41) is 14.2. The number of fused-ring (bicyclic) bond motifs is 1. The molecule has 3 aromatic rings. The van der Waals surface area contributed by atoms with Crippen LogP contribution in [0.1, 0.15) is 28.5 Å². The zero-order valence-electron chi connectivity index (χ0n) is 18.1. The van der Waals surface area contributed by atoms with Crippen LogP contribution >= 0.6 is 11.6 Å². The van der Waals surface area contributed by atoms with Gasteiger partial charge in [-0.1, -0.05) is 41.9 Å². The van der Waals surface area contributed by atoms with Crippen molar-refractivity contribution in [2.24, 2.45) is 0 Å². The predicted octanol–water partition coefficient (Wildman–Crippen LogP) is 3.17. The van der Waals surface area contributed by atoms with E-state index in [4.69, 9.17) is 26.3 Å². The van der Waals surface area contributed by atoms with Crippen molar-refractivity contribution >= 4 is 40.3 Å². The predicted molar refractivity (Wildman–Crippen MR) is 122 cm³/mol. The Morgan fingerprint density at radius 1 is 1.15 bits per heavy atom. The lowest BCUT2D eigenvalue weighted by Gasteiger charge is -2.26. The summed E-state index contributed by atoms with van der Waals surface area (Å²) in [6.45, 7) is -0.674. The van der Waals surface area contributed by atoms with Gasteiger partial charge >= 0.3 is 5.97 Å². The van der Waals surface area contributed by atoms with E-state index in [1.165, 1.54) is 14.2 Å². The van der Waals surface area contributed by atoms with Gasteiger partial charge in [0.1, 0.15) is 18.4 Å². The van der Waals surface area contributed by atoms with Crippen LogP contribution in [-0.2, 0) is 19.2 Å². The zero-order chi connectivity index (χ0) is 24.0. The number of hydrogen-bond acceptors (Lipinski definition) is 5. The number of hydrogen-bond donors (Lipinski definition) is 3. The van der Waals surface area contributed by atoms with Crippen LogP contribution in [0.15, 0.2) is 54.6 Å². The minimum Gasteiger partial charge on any atom is -0.480 e. The van der Waals surface area contributed by atoms with Crippen molar-refractivity contribution < 1.29 is 29.1 Å². The summed E-state index contributed by atoms with van der Waals surface area (Å²) < 4.78 is 5.34. The van der Waals surface area contributed by atoms with E-state index in [0.717, 1.165) is 21.5 Å². The minimum atomic E-state index is -1.22. The average Bonchev–Trinajstić information content (AvgIpc) is 3.23. The molecule has 0 spiro atoms. The van der Waals surface area contributed by atoms with Gasteiger partial charge in [0.25, 0.3) is 11.8 Å². The standard InChI is InChI=1S/C23H24ClN3O6/c1-27(32-2)23(31)20(33-13-21(28)29)12-18(14-6-4-3-5-7-14)26-22(30)19-11-15-10-16(24)8-9-17(15)25-19/h3-11,18,20,25H,12-13H2,1-2H3,(H,26,30)(H,28,29)/t18?,20-/m1/s1. The molecule has 0 bridgehead atoms. The Hall–Kier alpha value is -3.40. The van der Waals surface area contributed by atoms with E-state index >= 15 is 0 Å². The molecular weight excluding hydrogens is 450 g/mol. The molecule has 2 aromatic carbocycles. The Bertz CT molecular complexity index is 1130. The lowest BCUT2D eigenvalue weighted by atomic mass is 9.99. The molecule has 0 fully saturated rings. The maximum Gasteiger partial charge on any atom is 0.329 e. The summed E-state index contributed by atoms with van der Waals surface area (Å²) in [7, 11) is 2.70. The van der Waals surface area contributed by atoms with Gasteiger partial charge in [-0.25, -0.2) is 9.86 Å². The normalized spacial score (nSPS) is 12.8. The van der Waals surface area contributed by atoms with Crippen molar-refractivity contribution in [2.45, 2.75) is 18.6 Å². The van der Waals surface area contributed by atoms with Crippen LogP contribution in [0.2, 0.25) is 5.02 Å². The number of hydroxylamine groups is 2. The van der Waals surface area contributed by atoms with E-state index in [2.05, 4.69) is 10.3 Å². The number of carboxylic acids is 1. The number of carbonyl (C=O) groups excluding carboxylic acids is 2. The Labute approximate surface area is 195 Å². The monoisotopic (exact) mass is 473 g/mol. The summed E-state index contributed by atoms with van der Waals surface area (Å²) in [4.78, 5) is 44.8. The van der Waals surface area contributed by atoms with E-state index < -0.39 is 36.5 Å². The minimum absolute atomic E-state index is 0.0123. The molecule has 0 aliphatic carbocycles. The number of rotatable bonds is 10. The van der Waals surface area contributed by atoms with E-state index in [9.17, 15) is 14.4 Å². The van der Waals surface area contributed by atoms with Crippen molar-refractivity contribution in [3.05, 3.63) is 70.9 Å². The number of carboxylic acid groups (broad SMARTS) is 1. The van der Waals surface area contributed by atoms with Crippen LogP contribution in [0, 0.1) is 0 Å². The topological polar surface area (TPSA) is 121 Å². The second-order valence-electron chi connectivity index (χ2n) is 7.30. The van der Waals surface area contributed by atoms with Gasteiger partial charge in [0.05, 0.1) is 13.2 Å². The molecule has 33 heavy (non-hydrogen) atoms. The van der Waals surface area contributed by atoms with Crippen LogP contribution in [0.3, 0.4) is 0 Å². The molecule has 1 aromatic heterocycles. The van der Waals surface area contributed by atoms with Gasteiger partial charge in [-0.05, 0) is 29.8 Å². The number of ether oxygens (including phenoxy) is 1. The van der Waals surface area contributed by atoms with Crippen LogP contribution in [-0.4, -0.2) is 59.8 Å². The van der Waals surface area contributed by atoms with E-state index in [1.807, 2.05) is 6.07 Å². The van der Waals surface area contributed by atoms with Crippen molar-refractivity contribution in [1.29, 1.82) is 0 Å². The molecule has 174 valence electrons.